The fourth-order valence-electron chi connectivity index (χ4n) is 1.60. The van der Waals surface area contributed by atoms with Crippen LogP contribution in [0.4, 0.5) is 0 Å². The molecule has 80 valence electrons. The van der Waals surface area contributed by atoms with Gasteiger partial charge in [-0.3, -0.25) is 0 Å². The molecule has 0 N–H and O–H groups in total. The Morgan fingerprint density at radius 2 is 2.25 bits per heavy atom. The molecule has 3 aromatic heterocycles. The van der Waals surface area contributed by atoms with E-state index < -0.39 is 0 Å². The second-order valence-corrected chi connectivity index (χ2v) is 4.79. The summed E-state index contributed by atoms with van der Waals surface area (Å²) >= 11 is 7.59. The molecule has 3 aromatic rings. The molecule has 0 atom stereocenters. The molecule has 3 nitrogen and oxygen atoms in total. The minimum absolute atomic E-state index is 0.502. The lowest BCUT2D eigenvalue weighted by Gasteiger charge is -1.90. The summed E-state index contributed by atoms with van der Waals surface area (Å²) in [6, 6.07) is 3.95. The van der Waals surface area contributed by atoms with Crippen molar-refractivity contribution in [2.45, 2.75) is 6.92 Å². The number of nitrogens with zero attached hydrogens (tertiary/aromatic N) is 2. The monoisotopic (exact) mass is 250 g/mol. The van der Waals surface area contributed by atoms with Crippen LogP contribution in [0.25, 0.3) is 20.7 Å². The molecule has 0 fully saturated rings. The normalized spacial score (nSPS) is 11.1. The minimum atomic E-state index is 0.502. The zero-order chi connectivity index (χ0) is 11.1. The largest absolute Gasteiger partial charge is 0.469 e. The lowest BCUT2D eigenvalue weighted by molar-refractivity contribution is 0.535. The van der Waals surface area contributed by atoms with E-state index in [2.05, 4.69) is 9.97 Å². The van der Waals surface area contributed by atoms with Gasteiger partial charge in [0.1, 0.15) is 17.2 Å². The zero-order valence-corrected chi connectivity index (χ0v) is 9.97. The summed E-state index contributed by atoms with van der Waals surface area (Å²) < 4.78 is 6.20. The van der Waals surface area contributed by atoms with E-state index in [1.807, 2.05) is 19.1 Å². The van der Waals surface area contributed by atoms with E-state index in [4.69, 9.17) is 16.0 Å². The fraction of sp³-hybridized carbons (Fsp3) is 0.0909. The van der Waals surface area contributed by atoms with Crippen LogP contribution in [0.15, 0.2) is 29.1 Å². The lowest BCUT2D eigenvalue weighted by atomic mass is 10.2. The number of thiophene rings is 1. The molecule has 0 radical (unpaired) electrons. The summed E-state index contributed by atoms with van der Waals surface area (Å²) in [7, 11) is 0. The maximum Gasteiger partial charge on any atom is 0.150 e. The van der Waals surface area contributed by atoms with Gasteiger partial charge in [0.2, 0.25) is 0 Å². The number of aromatic nitrogens is 2. The van der Waals surface area contributed by atoms with Crippen LogP contribution in [0.2, 0.25) is 5.15 Å². The van der Waals surface area contributed by atoms with Crippen molar-refractivity contribution in [1.29, 1.82) is 0 Å². The van der Waals surface area contributed by atoms with Gasteiger partial charge in [-0.2, -0.15) is 0 Å². The average Bonchev–Trinajstić information content (AvgIpc) is 2.84. The maximum absolute atomic E-state index is 6.01. The van der Waals surface area contributed by atoms with Crippen molar-refractivity contribution >= 4 is 33.2 Å². The number of rotatable bonds is 1. The van der Waals surface area contributed by atoms with Gasteiger partial charge in [0.05, 0.1) is 16.5 Å². The molecule has 0 aliphatic carbocycles. The quantitative estimate of drug-likeness (QED) is 0.615. The van der Waals surface area contributed by atoms with E-state index in [0.29, 0.717) is 5.15 Å². The van der Waals surface area contributed by atoms with Crippen molar-refractivity contribution in [3.63, 3.8) is 0 Å². The number of fused-ring (bicyclic) bond motifs is 1. The van der Waals surface area contributed by atoms with Crippen LogP contribution in [0.1, 0.15) is 5.76 Å². The predicted molar refractivity (Wildman–Crippen MR) is 64.9 cm³/mol. The zero-order valence-electron chi connectivity index (χ0n) is 8.40. The van der Waals surface area contributed by atoms with Crippen LogP contribution in [-0.4, -0.2) is 9.97 Å². The molecule has 0 unspecified atom stereocenters. The van der Waals surface area contributed by atoms with E-state index >= 15 is 0 Å². The third-order valence-electron chi connectivity index (χ3n) is 2.39. The Hall–Kier alpha value is -1.39. The number of hydrogen-bond donors (Lipinski definition) is 0. The molecule has 3 rings (SSSR count). The predicted octanol–water partition coefficient (Wildman–Crippen LogP) is 3.91. The summed E-state index contributed by atoms with van der Waals surface area (Å²) in [4.78, 5) is 9.25. The van der Waals surface area contributed by atoms with E-state index in [0.717, 1.165) is 26.4 Å². The molecule has 0 saturated heterocycles. The average molecular weight is 251 g/mol. The van der Waals surface area contributed by atoms with Crippen LogP contribution in [0.5, 0.6) is 0 Å². The molecular formula is C11H7ClN2OS. The summed E-state index contributed by atoms with van der Waals surface area (Å²) in [5, 5.41) is 0.502. The molecule has 0 aliphatic rings. The third-order valence-corrected chi connectivity index (χ3v) is 3.95. The fourth-order valence-corrected chi connectivity index (χ4v) is 2.92. The topological polar surface area (TPSA) is 38.9 Å². The van der Waals surface area contributed by atoms with Gasteiger partial charge in [-0.1, -0.05) is 11.6 Å². The number of hydrogen-bond acceptors (Lipinski definition) is 4. The Bertz CT molecular complexity index is 659. The molecule has 0 aliphatic heterocycles. The smallest absolute Gasteiger partial charge is 0.150 e. The van der Waals surface area contributed by atoms with Crippen molar-refractivity contribution < 1.29 is 4.42 Å². The number of furan rings is 1. The van der Waals surface area contributed by atoms with Crippen molar-refractivity contribution in [2.24, 2.45) is 0 Å². The van der Waals surface area contributed by atoms with Gasteiger partial charge in [-0.05, 0) is 19.1 Å². The Balaban J connectivity index is 2.27. The second kappa shape index (κ2) is 3.57. The first-order valence-corrected chi connectivity index (χ1v) is 5.89. The van der Waals surface area contributed by atoms with Gasteiger partial charge in [0.15, 0.2) is 0 Å². The van der Waals surface area contributed by atoms with Crippen LogP contribution in [0, 0.1) is 6.92 Å². The molecule has 3 heterocycles. The Morgan fingerprint density at radius 1 is 1.38 bits per heavy atom. The van der Waals surface area contributed by atoms with Gasteiger partial charge in [-0.25, -0.2) is 9.97 Å². The van der Waals surface area contributed by atoms with Crippen molar-refractivity contribution in [3.8, 4) is 10.4 Å². The summed E-state index contributed by atoms with van der Waals surface area (Å²) in [6.07, 6.45) is 3.16. The minimum Gasteiger partial charge on any atom is -0.469 e. The van der Waals surface area contributed by atoms with Gasteiger partial charge in [-0.15, -0.1) is 11.3 Å². The molecule has 0 aromatic carbocycles. The molecule has 0 bridgehead atoms. The molecular weight excluding hydrogens is 244 g/mol. The van der Waals surface area contributed by atoms with Crippen molar-refractivity contribution in [2.75, 3.05) is 0 Å². The van der Waals surface area contributed by atoms with Crippen LogP contribution >= 0.6 is 22.9 Å². The highest BCUT2D eigenvalue weighted by molar-refractivity contribution is 7.22. The van der Waals surface area contributed by atoms with E-state index in [1.165, 1.54) is 6.33 Å². The highest BCUT2D eigenvalue weighted by Crippen LogP contribution is 2.36. The SMILES string of the molecule is Cc1occc1-c1cc2ncnc(Cl)c2s1. The Labute approximate surface area is 101 Å². The second-order valence-electron chi connectivity index (χ2n) is 3.38. The van der Waals surface area contributed by atoms with Crippen molar-refractivity contribution in [1.82, 2.24) is 9.97 Å². The molecule has 0 amide bonds. The first-order chi connectivity index (χ1) is 7.75. The third kappa shape index (κ3) is 1.42. The highest BCUT2D eigenvalue weighted by Gasteiger charge is 2.11. The van der Waals surface area contributed by atoms with Gasteiger partial charge >= 0.3 is 0 Å². The number of halogens is 1. The van der Waals surface area contributed by atoms with Crippen molar-refractivity contribution in [3.05, 3.63) is 35.6 Å². The summed E-state index contributed by atoms with van der Waals surface area (Å²) in [5.74, 6) is 0.899. The molecule has 0 saturated carbocycles. The summed E-state index contributed by atoms with van der Waals surface area (Å²) in [5.41, 5.74) is 1.96. The Kier molecular flexibility index (Phi) is 2.19. The van der Waals surface area contributed by atoms with Gasteiger partial charge < -0.3 is 4.42 Å². The van der Waals surface area contributed by atoms with Crippen LogP contribution in [-0.2, 0) is 0 Å². The first-order valence-electron chi connectivity index (χ1n) is 4.70. The number of aryl methyl sites for hydroxylation is 1. The first kappa shape index (κ1) is 9.81. The maximum atomic E-state index is 6.01. The van der Waals surface area contributed by atoms with E-state index in [9.17, 15) is 0 Å². The van der Waals surface area contributed by atoms with Crippen LogP contribution in [0.3, 0.4) is 0 Å². The molecule has 16 heavy (non-hydrogen) atoms. The molecule has 0 spiro atoms. The highest BCUT2D eigenvalue weighted by atomic mass is 35.5. The van der Waals surface area contributed by atoms with Gasteiger partial charge in [0, 0.05) is 10.4 Å². The Morgan fingerprint density at radius 3 is 2.94 bits per heavy atom. The van der Waals surface area contributed by atoms with Gasteiger partial charge in [0.25, 0.3) is 0 Å². The lowest BCUT2D eigenvalue weighted by Crippen LogP contribution is -1.76. The summed E-state index contributed by atoms with van der Waals surface area (Å²) in [6.45, 7) is 1.94. The van der Waals surface area contributed by atoms with E-state index in [1.54, 1.807) is 17.6 Å². The molecule has 5 heteroatoms. The van der Waals surface area contributed by atoms with Crippen LogP contribution < -0.4 is 0 Å². The standard InChI is InChI=1S/C11H7ClN2OS/c1-6-7(2-3-15-6)9-4-8-10(16-9)11(12)14-5-13-8/h2-5H,1H3. The van der Waals surface area contributed by atoms with E-state index in [-0.39, 0.29) is 0 Å².